The van der Waals surface area contributed by atoms with Crippen LogP contribution in [0.1, 0.15) is 24.3 Å². The van der Waals surface area contributed by atoms with Gasteiger partial charge in [0.2, 0.25) is 0 Å². The Morgan fingerprint density at radius 3 is 2.61 bits per heavy atom. The fraction of sp³-hybridized carbons (Fsp3) is 0.583. The predicted octanol–water partition coefficient (Wildman–Crippen LogP) is 0.0859. The fourth-order valence-electron chi connectivity index (χ4n) is 1.80. The summed E-state index contributed by atoms with van der Waals surface area (Å²) < 4.78 is 0. The zero-order valence-corrected chi connectivity index (χ0v) is 11.2. The van der Waals surface area contributed by atoms with E-state index in [9.17, 15) is 9.59 Å². The molecule has 0 bridgehead atoms. The van der Waals surface area contributed by atoms with Gasteiger partial charge in [0, 0.05) is 12.6 Å². The highest BCUT2D eigenvalue weighted by Gasteiger charge is 2.17. The molecule has 1 heterocycles. The predicted molar refractivity (Wildman–Crippen MR) is 69.5 cm³/mol. The summed E-state index contributed by atoms with van der Waals surface area (Å²) in [5.74, 6) is 0.112. The first-order valence-electron chi connectivity index (χ1n) is 5.90. The van der Waals surface area contributed by atoms with Gasteiger partial charge in [0.25, 0.3) is 11.5 Å². The van der Waals surface area contributed by atoms with Crippen molar-refractivity contribution in [3.05, 3.63) is 28.4 Å². The molecule has 18 heavy (non-hydrogen) atoms. The second-order valence-electron chi connectivity index (χ2n) is 4.80. The molecule has 1 aromatic heterocycles. The van der Waals surface area contributed by atoms with Gasteiger partial charge in [-0.15, -0.1) is 0 Å². The number of nitrogens with one attached hydrogen (secondary N) is 2. The lowest BCUT2D eigenvalue weighted by Crippen LogP contribution is -2.43. The molecule has 0 fully saturated rings. The van der Waals surface area contributed by atoms with E-state index in [-0.39, 0.29) is 23.2 Å². The molecule has 1 amide bonds. The highest BCUT2D eigenvalue weighted by molar-refractivity contribution is 5.91. The average molecular weight is 252 g/mol. The highest BCUT2D eigenvalue weighted by atomic mass is 16.2. The summed E-state index contributed by atoms with van der Waals surface area (Å²) in [6.45, 7) is 4.73. The van der Waals surface area contributed by atoms with E-state index in [2.05, 4.69) is 34.0 Å². The maximum atomic E-state index is 11.8. The Bertz CT molecular complexity index is 445. The zero-order chi connectivity index (χ0) is 13.7. The number of likely N-dealkylation sites (N-methyl/N-ethyl adjacent to an activating group) is 1. The first kappa shape index (κ1) is 14.4. The Balaban J connectivity index is 2.63. The lowest BCUT2D eigenvalue weighted by Gasteiger charge is -2.27. The van der Waals surface area contributed by atoms with E-state index in [1.54, 1.807) is 0 Å². The maximum absolute atomic E-state index is 11.8. The number of nitrogens with zero attached hydrogens (tertiary/aromatic N) is 2. The van der Waals surface area contributed by atoms with Crippen LogP contribution in [0.5, 0.6) is 0 Å². The summed E-state index contributed by atoms with van der Waals surface area (Å²) in [5, 5.41) is 2.80. The molecule has 1 atom stereocenters. The molecule has 1 aromatic rings. The Kier molecular flexibility index (Phi) is 5.03. The van der Waals surface area contributed by atoms with Crippen LogP contribution in [0.3, 0.4) is 0 Å². The van der Waals surface area contributed by atoms with Crippen molar-refractivity contribution in [3.8, 4) is 0 Å². The van der Waals surface area contributed by atoms with Gasteiger partial charge in [-0.2, -0.15) is 0 Å². The first-order chi connectivity index (χ1) is 8.41. The number of amides is 1. The average Bonchev–Trinajstić information content (AvgIpc) is 2.28. The van der Waals surface area contributed by atoms with Gasteiger partial charge in [0.05, 0.1) is 12.4 Å². The molecule has 0 aliphatic heterocycles. The third-order valence-electron chi connectivity index (χ3n) is 2.80. The first-order valence-corrected chi connectivity index (χ1v) is 5.90. The number of hydrogen-bond acceptors (Lipinski definition) is 4. The molecule has 2 N–H and O–H groups in total. The monoisotopic (exact) mass is 252 g/mol. The molecule has 0 radical (unpaired) electrons. The second-order valence-corrected chi connectivity index (χ2v) is 4.80. The van der Waals surface area contributed by atoms with E-state index in [0.29, 0.717) is 12.5 Å². The molecule has 1 unspecified atom stereocenters. The van der Waals surface area contributed by atoms with Crippen LogP contribution in [0.4, 0.5) is 0 Å². The van der Waals surface area contributed by atoms with Crippen molar-refractivity contribution in [1.29, 1.82) is 0 Å². The van der Waals surface area contributed by atoms with Gasteiger partial charge in [-0.25, -0.2) is 0 Å². The fourth-order valence-corrected chi connectivity index (χ4v) is 1.80. The summed E-state index contributed by atoms with van der Waals surface area (Å²) in [6.07, 6.45) is 2.48. The molecule has 6 heteroatoms. The molecule has 0 aliphatic carbocycles. The van der Waals surface area contributed by atoms with Crippen LogP contribution in [-0.2, 0) is 0 Å². The molecular formula is C12H20N4O2. The lowest BCUT2D eigenvalue weighted by molar-refractivity contribution is 0.0929. The van der Waals surface area contributed by atoms with Crippen LogP contribution >= 0.6 is 0 Å². The summed E-state index contributed by atoms with van der Waals surface area (Å²) in [4.78, 5) is 31.0. The van der Waals surface area contributed by atoms with Gasteiger partial charge in [0.1, 0.15) is 5.69 Å². The van der Waals surface area contributed by atoms with E-state index in [1.807, 2.05) is 14.1 Å². The smallest absolute Gasteiger partial charge is 0.269 e. The minimum atomic E-state index is -0.379. The zero-order valence-electron chi connectivity index (χ0n) is 11.2. The lowest BCUT2D eigenvalue weighted by atomic mass is 10.0. The Morgan fingerprint density at radius 2 is 2.11 bits per heavy atom. The SMILES string of the molecule is CC(C)C(CNC(=O)c1cncc(=O)[nH]1)N(C)C. The van der Waals surface area contributed by atoms with Crippen molar-refractivity contribution in [2.45, 2.75) is 19.9 Å². The van der Waals surface area contributed by atoms with Gasteiger partial charge in [0.15, 0.2) is 0 Å². The molecule has 6 nitrogen and oxygen atoms in total. The summed E-state index contributed by atoms with van der Waals surface area (Å²) in [7, 11) is 3.95. The third-order valence-corrected chi connectivity index (χ3v) is 2.80. The van der Waals surface area contributed by atoms with Gasteiger partial charge < -0.3 is 15.2 Å². The Labute approximate surface area is 106 Å². The maximum Gasteiger partial charge on any atom is 0.269 e. The number of rotatable bonds is 5. The van der Waals surface area contributed by atoms with Crippen molar-refractivity contribution in [3.63, 3.8) is 0 Å². The van der Waals surface area contributed by atoms with Crippen molar-refractivity contribution in [2.75, 3.05) is 20.6 Å². The van der Waals surface area contributed by atoms with E-state index < -0.39 is 0 Å². The summed E-state index contributed by atoms with van der Waals surface area (Å²) in [5.41, 5.74) is -0.195. The van der Waals surface area contributed by atoms with E-state index in [1.165, 1.54) is 6.20 Å². The van der Waals surface area contributed by atoms with Gasteiger partial charge >= 0.3 is 0 Å². The van der Waals surface area contributed by atoms with Crippen molar-refractivity contribution >= 4 is 5.91 Å². The number of H-pyrrole nitrogens is 1. The van der Waals surface area contributed by atoms with Gasteiger partial charge in [-0.3, -0.25) is 14.6 Å². The van der Waals surface area contributed by atoms with Crippen LogP contribution in [0.25, 0.3) is 0 Å². The van der Waals surface area contributed by atoms with Crippen molar-refractivity contribution in [1.82, 2.24) is 20.2 Å². The second kappa shape index (κ2) is 6.30. The van der Waals surface area contributed by atoms with Crippen LogP contribution in [0.2, 0.25) is 0 Å². The molecule has 0 spiro atoms. The molecule has 0 saturated carbocycles. The van der Waals surface area contributed by atoms with Crippen molar-refractivity contribution < 1.29 is 4.79 Å². The quantitative estimate of drug-likeness (QED) is 0.778. The molecule has 0 saturated heterocycles. The molecule has 100 valence electrons. The van der Waals surface area contributed by atoms with E-state index in [4.69, 9.17) is 0 Å². The normalized spacial score (nSPS) is 12.8. The minimum absolute atomic E-state index is 0.184. The van der Waals surface area contributed by atoms with E-state index in [0.717, 1.165) is 6.20 Å². The number of aromatic nitrogens is 2. The Morgan fingerprint density at radius 1 is 1.44 bits per heavy atom. The number of carbonyl (C=O) groups is 1. The summed E-state index contributed by atoms with van der Waals surface area (Å²) in [6, 6.07) is 0.248. The molecule has 1 rings (SSSR count). The van der Waals surface area contributed by atoms with Crippen LogP contribution in [-0.4, -0.2) is 47.5 Å². The highest BCUT2D eigenvalue weighted by Crippen LogP contribution is 2.06. The third kappa shape index (κ3) is 3.96. The van der Waals surface area contributed by atoms with Crippen LogP contribution in [0, 0.1) is 5.92 Å². The van der Waals surface area contributed by atoms with Gasteiger partial charge in [-0.1, -0.05) is 13.8 Å². The molecule has 0 aliphatic rings. The number of hydrogen-bond donors (Lipinski definition) is 2. The molecular weight excluding hydrogens is 232 g/mol. The number of aromatic amines is 1. The summed E-state index contributed by atoms with van der Waals surface area (Å²) >= 11 is 0. The van der Waals surface area contributed by atoms with Gasteiger partial charge in [-0.05, 0) is 20.0 Å². The standard InChI is InChI=1S/C12H20N4O2/c1-8(2)10(16(3)4)6-14-12(18)9-5-13-7-11(17)15-9/h5,7-8,10H,6H2,1-4H3,(H,14,18)(H,15,17). The van der Waals surface area contributed by atoms with Crippen molar-refractivity contribution in [2.24, 2.45) is 5.92 Å². The number of carbonyl (C=O) groups excluding carboxylic acids is 1. The topological polar surface area (TPSA) is 78.1 Å². The molecule has 0 aromatic carbocycles. The Hall–Kier alpha value is -1.69. The van der Waals surface area contributed by atoms with E-state index >= 15 is 0 Å². The minimum Gasteiger partial charge on any atom is -0.349 e. The van der Waals surface area contributed by atoms with Crippen LogP contribution in [0.15, 0.2) is 17.2 Å². The largest absolute Gasteiger partial charge is 0.349 e. The van der Waals surface area contributed by atoms with Crippen LogP contribution < -0.4 is 10.9 Å².